The van der Waals surface area contributed by atoms with Crippen molar-refractivity contribution in [3.63, 3.8) is 0 Å². The van der Waals surface area contributed by atoms with Crippen molar-refractivity contribution in [3.8, 4) is 0 Å². The molecule has 1 N–H and O–H groups in total. The third-order valence-corrected chi connectivity index (χ3v) is 3.33. The van der Waals surface area contributed by atoms with E-state index in [1.54, 1.807) is 19.1 Å². The highest BCUT2D eigenvalue weighted by Crippen LogP contribution is 2.49. The summed E-state index contributed by atoms with van der Waals surface area (Å²) in [5.74, 6) is -1.26. The van der Waals surface area contributed by atoms with E-state index >= 15 is 0 Å². The van der Waals surface area contributed by atoms with Gasteiger partial charge in [-0.25, -0.2) is 4.39 Å². The summed E-state index contributed by atoms with van der Waals surface area (Å²) in [5.41, 5.74) is 1.51. The molecule has 3 rings (SSSR count). The number of aliphatic hydroxyl groups excluding tert-OH is 1. The Labute approximate surface area is 92.8 Å². The molecule has 16 heavy (non-hydrogen) atoms. The second kappa shape index (κ2) is 3.26. The van der Waals surface area contributed by atoms with Crippen molar-refractivity contribution in [2.24, 2.45) is 0 Å². The first-order chi connectivity index (χ1) is 7.64. The third-order valence-electron chi connectivity index (χ3n) is 3.33. The topological polar surface area (TPSA) is 38.7 Å². The van der Waals surface area contributed by atoms with Gasteiger partial charge >= 0.3 is 0 Å². The summed E-state index contributed by atoms with van der Waals surface area (Å²) in [5, 5.41) is 9.91. The molecule has 1 atom stereocenters. The van der Waals surface area contributed by atoms with Gasteiger partial charge in [-0.05, 0) is 12.5 Å². The minimum Gasteiger partial charge on any atom is -0.388 e. The van der Waals surface area contributed by atoms with Gasteiger partial charge in [0, 0.05) is 17.5 Å². The molecule has 2 aliphatic rings. The van der Waals surface area contributed by atoms with Crippen molar-refractivity contribution in [1.29, 1.82) is 0 Å². The predicted octanol–water partition coefficient (Wildman–Crippen LogP) is 1.77. The largest absolute Gasteiger partial charge is 0.388 e. The molecular weight excluding hydrogens is 211 g/mol. The van der Waals surface area contributed by atoms with Crippen LogP contribution in [0, 0.1) is 12.7 Å². The van der Waals surface area contributed by atoms with Crippen LogP contribution in [0.25, 0.3) is 0 Å². The molecule has 1 unspecified atom stereocenters. The zero-order valence-electron chi connectivity index (χ0n) is 9.00. The van der Waals surface area contributed by atoms with E-state index in [2.05, 4.69) is 0 Å². The Balaban J connectivity index is 2.19. The van der Waals surface area contributed by atoms with Crippen LogP contribution in [0.1, 0.15) is 29.2 Å². The Morgan fingerprint density at radius 3 is 2.75 bits per heavy atom. The molecule has 0 saturated carbocycles. The minimum atomic E-state index is -0.913. The summed E-state index contributed by atoms with van der Waals surface area (Å²) >= 11 is 0. The lowest BCUT2D eigenvalue weighted by molar-refractivity contribution is -0.174. The van der Waals surface area contributed by atoms with E-state index in [4.69, 9.17) is 9.47 Å². The van der Waals surface area contributed by atoms with E-state index in [-0.39, 0.29) is 12.2 Å². The zero-order valence-corrected chi connectivity index (χ0v) is 9.00. The van der Waals surface area contributed by atoms with Crippen LogP contribution in [0.15, 0.2) is 12.1 Å². The van der Waals surface area contributed by atoms with Crippen LogP contribution in [-0.2, 0) is 15.3 Å². The lowest BCUT2D eigenvalue weighted by Crippen LogP contribution is -2.23. The first-order valence-electron chi connectivity index (χ1n) is 5.39. The van der Waals surface area contributed by atoms with Crippen LogP contribution in [0.2, 0.25) is 0 Å². The molecule has 0 bridgehead atoms. The molecule has 1 saturated heterocycles. The van der Waals surface area contributed by atoms with Crippen molar-refractivity contribution >= 4 is 0 Å². The Morgan fingerprint density at radius 2 is 2.06 bits per heavy atom. The van der Waals surface area contributed by atoms with Crippen molar-refractivity contribution in [2.45, 2.75) is 25.2 Å². The molecular formula is C12H13FO3. The lowest BCUT2D eigenvalue weighted by atomic mass is 10.0. The van der Waals surface area contributed by atoms with Crippen LogP contribution < -0.4 is 0 Å². The molecule has 3 nitrogen and oxygen atoms in total. The van der Waals surface area contributed by atoms with Gasteiger partial charge in [0.25, 0.3) is 0 Å². The van der Waals surface area contributed by atoms with Gasteiger partial charge < -0.3 is 14.6 Å². The van der Waals surface area contributed by atoms with Gasteiger partial charge in [0.2, 0.25) is 0 Å². The van der Waals surface area contributed by atoms with E-state index in [0.29, 0.717) is 29.9 Å². The number of hydrogen-bond donors (Lipinski definition) is 1. The maximum absolute atomic E-state index is 13.9. The zero-order chi connectivity index (χ0) is 11.3. The molecule has 1 aliphatic heterocycles. The lowest BCUT2D eigenvalue weighted by Gasteiger charge is -2.22. The fourth-order valence-electron chi connectivity index (χ4n) is 2.55. The first kappa shape index (κ1) is 10.2. The Morgan fingerprint density at radius 1 is 1.38 bits per heavy atom. The van der Waals surface area contributed by atoms with Crippen molar-refractivity contribution in [2.75, 3.05) is 13.2 Å². The number of rotatable bonds is 0. The summed E-state index contributed by atoms with van der Waals surface area (Å²) in [6, 6.07) is 3.48. The molecule has 1 aromatic rings. The highest BCUT2D eigenvalue weighted by molar-refractivity contribution is 5.42. The van der Waals surface area contributed by atoms with Crippen LogP contribution in [0.5, 0.6) is 0 Å². The van der Waals surface area contributed by atoms with Gasteiger partial charge in [0.15, 0.2) is 5.79 Å². The van der Waals surface area contributed by atoms with Crippen LogP contribution in [0.3, 0.4) is 0 Å². The van der Waals surface area contributed by atoms with Gasteiger partial charge in [-0.2, -0.15) is 0 Å². The van der Waals surface area contributed by atoms with E-state index in [9.17, 15) is 9.50 Å². The SMILES string of the molecule is Cc1ccc2c(c1F)C(O)CC21OCCO1. The van der Waals surface area contributed by atoms with Crippen LogP contribution >= 0.6 is 0 Å². The van der Waals surface area contributed by atoms with E-state index in [0.717, 1.165) is 0 Å². The van der Waals surface area contributed by atoms with E-state index < -0.39 is 11.9 Å². The summed E-state index contributed by atoms with van der Waals surface area (Å²) in [4.78, 5) is 0. The van der Waals surface area contributed by atoms with Crippen LogP contribution in [0.4, 0.5) is 4.39 Å². The number of hydrogen-bond acceptors (Lipinski definition) is 3. The second-order valence-corrected chi connectivity index (χ2v) is 4.33. The van der Waals surface area contributed by atoms with Crippen molar-refractivity contribution in [1.82, 2.24) is 0 Å². The number of benzene rings is 1. The molecule has 1 fully saturated rings. The monoisotopic (exact) mass is 224 g/mol. The Hall–Kier alpha value is -0.970. The molecule has 1 aliphatic carbocycles. The summed E-state index contributed by atoms with van der Waals surface area (Å²) < 4.78 is 25.0. The van der Waals surface area contributed by atoms with Crippen molar-refractivity contribution < 1.29 is 19.0 Å². The maximum atomic E-state index is 13.9. The first-order valence-corrected chi connectivity index (χ1v) is 5.39. The van der Waals surface area contributed by atoms with Crippen molar-refractivity contribution in [3.05, 3.63) is 34.6 Å². The molecule has 0 amide bonds. The number of aryl methyl sites for hydroxylation is 1. The minimum absolute atomic E-state index is 0.280. The number of aliphatic hydroxyl groups is 1. The van der Waals surface area contributed by atoms with Gasteiger partial charge in [0.1, 0.15) is 5.82 Å². The highest BCUT2D eigenvalue weighted by Gasteiger charge is 2.49. The van der Waals surface area contributed by atoms with Gasteiger partial charge in [-0.15, -0.1) is 0 Å². The third kappa shape index (κ3) is 1.18. The Kier molecular flexibility index (Phi) is 2.08. The summed E-state index contributed by atoms with van der Waals surface area (Å²) in [7, 11) is 0. The Bertz CT molecular complexity index is 438. The van der Waals surface area contributed by atoms with Gasteiger partial charge in [-0.3, -0.25) is 0 Å². The van der Waals surface area contributed by atoms with E-state index in [1.807, 2.05) is 0 Å². The highest BCUT2D eigenvalue weighted by atomic mass is 19.1. The quantitative estimate of drug-likeness (QED) is 0.730. The summed E-state index contributed by atoms with van der Waals surface area (Å²) in [6.07, 6.45) is -0.559. The van der Waals surface area contributed by atoms with Crippen LogP contribution in [-0.4, -0.2) is 18.3 Å². The van der Waals surface area contributed by atoms with Gasteiger partial charge in [0.05, 0.1) is 19.3 Å². The predicted molar refractivity (Wildman–Crippen MR) is 54.3 cm³/mol. The molecule has 4 heteroatoms. The smallest absolute Gasteiger partial charge is 0.198 e. The number of fused-ring (bicyclic) bond motifs is 2. The molecule has 0 radical (unpaired) electrons. The average molecular weight is 224 g/mol. The van der Waals surface area contributed by atoms with E-state index in [1.165, 1.54) is 0 Å². The average Bonchev–Trinajstić information content (AvgIpc) is 2.80. The fraction of sp³-hybridized carbons (Fsp3) is 0.500. The maximum Gasteiger partial charge on any atom is 0.198 e. The fourth-order valence-corrected chi connectivity index (χ4v) is 2.55. The second-order valence-electron chi connectivity index (χ2n) is 4.33. The molecule has 86 valence electrons. The summed E-state index contributed by atoms with van der Waals surface area (Å²) in [6.45, 7) is 2.66. The molecule has 1 heterocycles. The standard InChI is InChI=1S/C12H13FO3/c1-7-2-3-8-10(11(7)13)9(14)6-12(8)15-4-5-16-12/h2-3,9,14H,4-6H2,1H3. The molecule has 1 aromatic carbocycles. The normalized spacial score (nSPS) is 26.3. The number of halogens is 1. The molecule has 1 spiro atoms. The van der Waals surface area contributed by atoms with Gasteiger partial charge in [-0.1, -0.05) is 12.1 Å². The molecule has 0 aromatic heterocycles. The number of ether oxygens (including phenoxy) is 2.